The zero-order valence-electron chi connectivity index (χ0n) is 11.1. The van der Waals surface area contributed by atoms with Gasteiger partial charge in [-0.1, -0.05) is 18.2 Å². The Bertz CT molecular complexity index is 632. The topological polar surface area (TPSA) is 43.2 Å². The number of aromatic nitrogens is 3. The maximum Gasteiger partial charge on any atom is 0.120 e. The summed E-state index contributed by atoms with van der Waals surface area (Å²) in [5.74, 6) is 0. The summed E-state index contributed by atoms with van der Waals surface area (Å²) in [6.45, 7) is 3.62. The minimum Gasteiger partial charge on any atom is -0.377 e. The van der Waals surface area contributed by atoms with Crippen LogP contribution in [0.1, 0.15) is 24.7 Å². The van der Waals surface area contributed by atoms with Gasteiger partial charge in [0.05, 0.1) is 19.3 Å². The Morgan fingerprint density at radius 2 is 2.00 bits per heavy atom. The van der Waals surface area contributed by atoms with Gasteiger partial charge in [-0.05, 0) is 13.0 Å². The quantitative estimate of drug-likeness (QED) is 0.783. The molecule has 2 aliphatic heterocycles. The minimum atomic E-state index is 0.250. The Hall–Kier alpha value is -1.88. The maximum absolute atomic E-state index is 5.23. The Labute approximate surface area is 111 Å². The number of benzene rings is 1. The normalized spacial score (nSPS) is 21.8. The third-order valence-corrected chi connectivity index (χ3v) is 4.12. The number of hydrogen-bond donors (Lipinski definition) is 0. The highest BCUT2D eigenvalue weighted by Crippen LogP contribution is 2.41. The molecule has 0 N–H and O–H groups in total. The number of hydrogen-bond acceptors (Lipinski definition) is 4. The number of nitrogens with zero attached hydrogens (tertiary/aromatic N) is 4. The molecule has 1 fully saturated rings. The first-order valence-electron chi connectivity index (χ1n) is 6.62. The van der Waals surface area contributed by atoms with Crippen LogP contribution in [0.4, 0.5) is 5.69 Å². The van der Waals surface area contributed by atoms with E-state index in [1.165, 1.54) is 11.3 Å². The van der Waals surface area contributed by atoms with Gasteiger partial charge in [0.1, 0.15) is 17.4 Å². The van der Waals surface area contributed by atoms with E-state index in [2.05, 4.69) is 48.2 Å². The van der Waals surface area contributed by atoms with Crippen molar-refractivity contribution < 1.29 is 4.74 Å². The first kappa shape index (κ1) is 11.0. The van der Waals surface area contributed by atoms with Crippen LogP contribution in [0, 0.1) is 0 Å². The Morgan fingerprint density at radius 3 is 2.74 bits per heavy atom. The molecule has 0 saturated carbocycles. The molecular weight excluding hydrogens is 240 g/mol. The summed E-state index contributed by atoms with van der Waals surface area (Å²) < 4.78 is 5.23. The second-order valence-electron chi connectivity index (χ2n) is 5.25. The summed E-state index contributed by atoms with van der Waals surface area (Å²) in [6.07, 6.45) is 0. The van der Waals surface area contributed by atoms with Crippen molar-refractivity contribution >= 4 is 5.69 Å². The third kappa shape index (κ3) is 1.45. The number of ether oxygens (including phenoxy) is 1. The van der Waals surface area contributed by atoms with Crippen LogP contribution in [0.15, 0.2) is 24.3 Å². The van der Waals surface area contributed by atoms with Crippen LogP contribution in [-0.2, 0) is 4.74 Å². The highest BCUT2D eigenvalue weighted by molar-refractivity contribution is 5.81. The van der Waals surface area contributed by atoms with Crippen LogP contribution in [-0.4, -0.2) is 35.3 Å². The molecule has 1 saturated heterocycles. The SMILES string of the molecule is CC1c2nn(C3COC3)nc2-c2ccccc2N1C. The second-order valence-corrected chi connectivity index (χ2v) is 5.25. The van der Waals surface area contributed by atoms with Gasteiger partial charge in [-0.3, -0.25) is 0 Å². The van der Waals surface area contributed by atoms with Gasteiger partial charge in [-0.25, -0.2) is 0 Å². The van der Waals surface area contributed by atoms with Crippen LogP contribution >= 0.6 is 0 Å². The van der Waals surface area contributed by atoms with Gasteiger partial charge in [0, 0.05) is 18.3 Å². The van der Waals surface area contributed by atoms with Crippen molar-refractivity contribution in [2.75, 3.05) is 25.2 Å². The molecule has 5 heteroatoms. The van der Waals surface area contributed by atoms with Gasteiger partial charge in [0.2, 0.25) is 0 Å². The molecule has 0 radical (unpaired) electrons. The largest absolute Gasteiger partial charge is 0.377 e. The highest BCUT2D eigenvalue weighted by atomic mass is 16.5. The Morgan fingerprint density at radius 1 is 1.21 bits per heavy atom. The van der Waals surface area contributed by atoms with Gasteiger partial charge in [-0.15, -0.1) is 0 Å². The number of anilines is 1. The van der Waals surface area contributed by atoms with E-state index in [1.54, 1.807) is 0 Å². The van der Waals surface area contributed by atoms with E-state index in [4.69, 9.17) is 9.84 Å². The van der Waals surface area contributed by atoms with Crippen molar-refractivity contribution in [3.8, 4) is 11.3 Å². The van der Waals surface area contributed by atoms with E-state index in [0.717, 1.165) is 24.6 Å². The lowest BCUT2D eigenvalue weighted by atomic mass is 9.98. The monoisotopic (exact) mass is 256 g/mol. The zero-order chi connectivity index (χ0) is 13.0. The standard InChI is InChI=1S/C14H16N4O/c1-9-13-14(16-18(15-13)10-7-19-8-10)11-5-3-4-6-12(11)17(9)2/h3-6,9-10H,7-8H2,1-2H3. The molecule has 2 aliphatic rings. The summed E-state index contributed by atoms with van der Waals surface area (Å²) in [4.78, 5) is 4.09. The van der Waals surface area contributed by atoms with Crippen LogP contribution < -0.4 is 4.90 Å². The first-order valence-corrected chi connectivity index (χ1v) is 6.62. The fourth-order valence-electron chi connectivity index (χ4n) is 2.70. The molecule has 0 aliphatic carbocycles. The van der Waals surface area contributed by atoms with Crippen molar-refractivity contribution in [2.45, 2.75) is 19.0 Å². The lowest BCUT2D eigenvalue weighted by Gasteiger charge is -2.31. The first-order chi connectivity index (χ1) is 9.25. The molecule has 1 aromatic heterocycles. The predicted octanol–water partition coefficient (Wildman–Crippen LogP) is 2.03. The summed E-state index contributed by atoms with van der Waals surface area (Å²) in [7, 11) is 2.11. The molecule has 1 aromatic carbocycles. The molecule has 19 heavy (non-hydrogen) atoms. The van der Waals surface area contributed by atoms with E-state index in [0.29, 0.717) is 6.04 Å². The fourth-order valence-corrected chi connectivity index (χ4v) is 2.70. The summed E-state index contributed by atoms with van der Waals surface area (Å²) in [6, 6.07) is 8.93. The molecule has 0 amide bonds. The van der Waals surface area contributed by atoms with Crippen molar-refractivity contribution in [2.24, 2.45) is 0 Å². The lowest BCUT2D eigenvalue weighted by Crippen LogP contribution is -2.32. The highest BCUT2D eigenvalue weighted by Gasteiger charge is 2.32. The maximum atomic E-state index is 5.23. The minimum absolute atomic E-state index is 0.250. The summed E-state index contributed by atoms with van der Waals surface area (Å²) >= 11 is 0. The average molecular weight is 256 g/mol. The molecule has 0 bridgehead atoms. The third-order valence-electron chi connectivity index (χ3n) is 4.12. The second kappa shape index (κ2) is 3.81. The zero-order valence-corrected chi connectivity index (χ0v) is 11.1. The van der Waals surface area contributed by atoms with Crippen LogP contribution in [0.25, 0.3) is 11.3 Å². The van der Waals surface area contributed by atoms with E-state index in [9.17, 15) is 0 Å². The molecule has 0 spiro atoms. The van der Waals surface area contributed by atoms with Gasteiger partial charge in [0.15, 0.2) is 0 Å². The number of rotatable bonds is 1. The number of para-hydroxylation sites is 1. The summed E-state index contributed by atoms with van der Waals surface area (Å²) in [5.41, 5.74) is 4.48. The summed E-state index contributed by atoms with van der Waals surface area (Å²) in [5, 5.41) is 9.38. The predicted molar refractivity (Wildman–Crippen MR) is 72.1 cm³/mol. The molecule has 5 nitrogen and oxygen atoms in total. The van der Waals surface area contributed by atoms with E-state index in [-0.39, 0.29) is 6.04 Å². The molecule has 1 atom stereocenters. The van der Waals surface area contributed by atoms with Crippen molar-refractivity contribution in [1.29, 1.82) is 0 Å². The van der Waals surface area contributed by atoms with Gasteiger partial charge >= 0.3 is 0 Å². The Balaban J connectivity index is 1.89. The van der Waals surface area contributed by atoms with Crippen molar-refractivity contribution in [3.63, 3.8) is 0 Å². The fraction of sp³-hybridized carbons (Fsp3) is 0.429. The Kier molecular flexibility index (Phi) is 2.20. The van der Waals surface area contributed by atoms with Gasteiger partial charge in [-0.2, -0.15) is 15.0 Å². The van der Waals surface area contributed by atoms with E-state index >= 15 is 0 Å². The van der Waals surface area contributed by atoms with Crippen molar-refractivity contribution in [1.82, 2.24) is 15.0 Å². The van der Waals surface area contributed by atoms with Gasteiger partial charge in [0.25, 0.3) is 0 Å². The van der Waals surface area contributed by atoms with E-state index < -0.39 is 0 Å². The average Bonchev–Trinajstić information content (AvgIpc) is 2.79. The molecule has 1 unspecified atom stereocenters. The van der Waals surface area contributed by atoms with Crippen LogP contribution in [0.5, 0.6) is 0 Å². The molecule has 4 rings (SSSR count). The van der Waals surface area contributed by atoms with Gasteiger partial charge < -0.3 is 9.64 Å². The smallest absolute Gasteiger partial charge is 0.120 e. The number of fused-ring (bicyclic) bond motifs is 3. The van der Waals surface area contributed by atoms with Crippen LogP contribution in [0.2, 0.25) is 0 Å². The van der Waals surface area contributed by atoms with Crippen LogP contribution in [0.3, 0.4) is 0 Å². The molecule has 3 heterocycles. The lowest BCUT2D eigenvalue weighted by molar-refractivity contribution is -0.0349. The molecule has 2 aromatic rings. The van der Waals surface area contributed by atoms with Crippen molar-refractivity contribution in [3.05, 3.63) is 30.0 Å². The molecule has 98 valence electrons. The van der Waals surface area contributed by atoms with E-state index in [1.807, 2.05) is 4.80 Å². The molecular formula is C14H16N4O.